The van der Waals surface area contributed by atoms with Crippen LogP contribution in [0.1, 0.15) is 12.5 Å². The van der Waals surface area contributed by atoms with Crippen LogP contribution in [-0.4, -0.2) is 34.5 Å². The van der Waals surface area contributed by atoms with Crippen LogP contribution in [0.25, 0.3) is 0 Å². The van der Waals surface area contributed by atoms with Gasteiger partial charge in [0.1, 0.15) is 5.82 Å². The summed E-state index contributed by atoms with van der Waals surface area (Å²) in [6, 6.07) is 1.66. The zero-order chi connectivity index (χ0) is 11.7. The molecule has 1 aliphatic carbocycles. The summed E-state index contributed by atoms with van der Waals surface area (Å²) in [6.07, 6.45) is 2.25. The van der Waals surface area contributed by atoms with Crippen molar-refractivity contribution in [2.45, 2.75) is 18.6 Å². The van der Waals surface area contributed by atoms with Gasteiger partial charge in [-0.3, -0.25) is 4.57 Å². The van der Waals surface area contributed by atoms with E-state index in [0.29, 0.717) is 0 Å². The van der Waals surface area contributed by atoms with Gasteiger partial charge in [-0.05, 0) is 12.5 Å². The van der Waals surface area contributed by atoms with Crippen molar-refractivity contribution < 1.29 is 9.84 Å². The molecule has 1 saturated carbocycles. The molecule has 6 nitrogen and oxygen atoms in total. The summed E-state index contributed by atoms with van der Waals surface area (Å²) in [5, 5.41) is 9.07. The molecule has 2 rings (SSSR count). The molecule has 6 heteroatoms. The Morgan fingerprint density at radius 3 is 3.12 bits per heavy atom. The quantitative estimate of drug-likeness (QED) is 0.713. The summed E-state index contributed by atoms with van der Waals surface area (Å²) >= 11 is 0. The van der Waals surface area contributed by atoms with Crippen molar-refractivity contribution in [2.75, 3.05) is 19.5 Å². The number of methoxy groups -OCH3 is 1. The average molecular weight is 225 g/mol. The number of aliphatic hydroxyl groups excluding tert-OH is 1. The highest BCUT2D eigenvalue weighted by Crippen LogP contribution is 2.45. The van der Waals surface area contributed by atoms with E-state index in [1.807, 2.05) is 0 Å². The van der Waals surface area contributed by atoms with Crippen molar-refractivity contribution in [3.05, 3.63) is 22.7 Å². The molecule has 0 spiro atoms. The Hall–Kier alpha value is -1.40. The maximum absolute atomic E-state index is 11.5. The number of anilines is 1. The van der Waals surface area contributed by atoms with Crippen LogP contribution >= 0.6 is 0 Å². The summed E-state index contributed by atoms with van der Waals surface area (Å²) in [7, 11) is 1.56. The fourth-order valence-corrected chi connectivity index (χ4v) is 1.98. The fourth-order valence-electron chi connectivity index (χ4n) is 1.98. The molecular formula is C10H15N3O3. The Bertz CT molecular complexity index is 428. The zero-order valence-electron chi connectivity index (χ0n) is 9.04. The minimum absolute atomic E-state index is 0.0329. The molecule has 1 aliphatic rings. The van der Waals surface area contributed by atoms with Gasteiger partial charge in [-0.2, -0.15) is 4.98 Å². The Morgan fingerprint density at radius 2 is 2.56 bits per heavy atom. The predicted octanol–water partition coefficient (Wildman–Crippen LogP) is -0.606. The van der Waals surface area contributed by atoms with Crippen molar-refractivity contribution in [2.24, 2.45) is 5.92 Å². The molecule has 0 saturated heterocycles. The van der Waals surface area contributed by atoms with Gasteiger partial charge in [0.05, 0.1) is 12.7 Å². The minimum atomic E-state index is -0.347. The van der Waals surface area contributed by atoms with E-state index in [1.165, 1.54) is 0 Å². The van der Waals surface area contributed by atoms with E-state index >= 15 is 0 Å². The lowest BCUT2D eigenvalue weighted by Gasteiger charge is -2.12. The summed E-state index contributed by atoms with van der Waals surface area (Å²) < 4.78 is 6.67. The minimum Gasteiger partial charge on any atom is -0.394 e. The van der Waals surface area contributed by atoms with E-state index < -0.39 is 0 Å². The van der Waals surface area contributed by atoms with Gasteiger partial charge in [0, 0.05) is 25.3 Å². The van der Waals surface area contributed by atoms with Gasteiger partial charge < -0.3 is 15.6 Å². The smallest absolute Gasteiger partial charge is 0.349 e. The van der Waals surface area contributed by atoms with Crippen molar-refractivity contribution in [1.82, 2.24) is 9.55 Å². The second kappa shape index (κ2) is 4.23. The Kier molecular flexibility index (Phi) is 2.93. The van der Waals surface area contributed by atoms with Crippen LogP contribution in [0, 0.1) is 5.92 Å². The van der Waals surface area contributed by atoms with Crippen LogP contribution in [0.5, 0.6) is 0 Å². The first kappa shape index (κ1) is 11.1. The Labute approximate surface area is 92.7 Å². The first-order valence-corrected chi connectivity index (χ1v) is 5.15. The summed E-state index contributed by atoms with van der Waals surface area (Å²) in [5.74, 6) is 0.405. The molecule has 1 fully saturated rings. The number of ether oxygens (including phenoxy) is 1. The third kappa shape index (κ3) is 1.94. The molecule has 16 heavy (non-hydrogen) atoms. The number of rotatable bonds is 4. The maximum atomic E-state index is 11.5. The van der Waals surface area contributed by atoms with Gasteiger partial charge in [-0.25, -0.2) is 4.79 Å². The van der Waals surface area contributed by atoms with Crippen LogP contribution in [0.2, 0.25) is 0 Å². The summed E-state index contributed by atoms with van der Waals surface area (Å²) in [5.41, 5.74) is 5.06. The molecule has 0 aliphatic heterocycles. The van der Waals surface area contributed by atoms with Crippen molar-refractivity contribution in [1.29, 1.82) is 0 Å². The third-order valence-corrected chi connectivity index (χ3v) is 2.97. The predicted molar refractivity (Wildman–Crippen MR) is 57.9 cm³/mol. The lowest BCUT2D eigenvalue weighted by molar-refractivity contribution is 0.0305. The first-order chi connectivity index (χ1) is 7.67. The second-order valence-electron chi connectivity index (χ2n) is 3.97. The topological polar surface area (TPSA) is 90.4 Å². The number of hydrogen-bond acceptors (Lipinski definition) is 5. The molecule has 2 unspecified atom stereocenters. The van der Waals surface area contributed by atoms with E-state index in [9.17, 15) is 4.79 Å². The SMILES string of the molecule is CO[C@H](CO)C1CC1n1ccc(N)nc1=O. The third-order valence-electron chi connectivity index (χ3n) is 2.97. The lowest BCUT2D eigenvalue weighted by atomic mass is 10.2. The van der Waals surface area contributed by atoms with Crippen molar-refractivity contribution >= 4 is 5.82 Å². The highest BCUT2D eigenvalue weighted by molar-refractivity contribution is 5.24. The largest absolute Gasteiger partial charge is 0.394 e. The van der Waals surface area contributed by atoms with Crippen LogP contribution in [0.3, 0.4) is 0 Å². The molecule has 1 aromatic heterocycles. The molecule has 1 aromatic rings. The van der Waals surface area contributed by atoms with Crippen molar-refractivity contribution in [3.63, 3.8) is 0 Å². The molecule has 0 aromatic carbocycles. The number of nitrogens with zero attached hydrogens (tertiary/aromatic N) is 2. The van der Waals surface area contributed by atoms with Crippen LogP contribution < -0.4 is 11.4 Å². The molecule has 88 valence electrons. The molecule has 1 heterocycles. The Balaban J connectivity index is 2.14. The molecule has 0 bridgehead atoms. The molecular weight excluding hydrogens is 210 g/mol. The van der Waals surface area contributed by atoms with Gasteiger partial charge in [0.25, 0.3) is 0 Å². The summed E-state index contributed by atoms with van der Waals surface area (Å²) in [4.78, 5) is 15.2. The molecule has 0 amide bonds. The van der Waals surface area contributed by atoms with E-state index in [-0.39, 0.29) is 36.2 Å². The van der Waals surface area contributed by atoms with Crippen molar-refractivity contribution in [3.8, 4) is 0 Å². The van der Waals surface area contributed by atoms with E-state index in [4.69, 9.17) is 15.6 Å². The molecule has 3 N–H and O–H groups in total. The monoisotopic (exact) mass is 225 g/mol. The molecule has 3 atom stereocenters. The van der Waals surface area contributed by atoms with Gasteiger partial charge in [-0.15, -0.1) is 0 Å². The number of aliphatic hydroxyl groups is 1. The van der Waals surface area contributed by atoms with Crippen LogP contribution in [0.15, 0.2) is 17.1 Å². The number of nitrogen functional groups attached to an aromatic ring is 1. The second-order valence-corrected chi connectivity index (χ2v) is 3.97. The first-order valence-electron chi connectivity index (χ1n) is 5.15. The standard InChI is InChI=1S/C10H15N3O3/c1-16-8(5-14)6-4-7(6)13-3-2-9(11)12-10(13)15/h2-3,6-8,14H,4-5H2,1H3,(H2,11,12,15)/t6?,7?,8-/m1/s1. The Morgan fingerprint density at radius 1 is 1.81 bits per heavy atom. The average Bonchev–Trinajstić information content (AvgIpc) is 3.00. The normalized spacial score (nSPS) is 25.4. The number of aromatic nitrogens is 2. The highest BCUT2D eigenvalue weighted by Gasteiger charge is 2.45. The van der Waals surface area contributed by atoms with E-state index in [1.54, 1.807) is 23.9 Å². The van der Waals surface area contributed by atoms with Gasteiger partial charge in [-0.1, -0.05) is 0 Å². The lowest BCUT2D eigenvalue weighted by Crippen LogP contribution is -2.26. The molecule has 0 radical (unpaired) electrons. The number of nitrogens with two attached hydrogens (primary N) is 1. The summed E-state index contributed by atoms with van der Waals surface area (Å²) in [6.45, 7) is -0.0329. The maximum Gasteiger partial charge on any atom is 0.349 e. The zero-order valence-corrected chi connectivity index (χ0v) is 9.04. The van der Waals surface area contributed by atoms with Gasteiger partial charge in [0.2, 0.25) is 0 Å². The van der Waals surface area contributed by atoms with E-state index in [2.05, 4.69) is 4.98 Å². The fraction of sp³-hybridized carbons (Fsp3) is 0.600. The van der Waals surface area contributed by atoms with E-state index in [0.717, 1.165) is 6.42 Å². The van der Waals surface area contributed by atoms with Crippen LogP contribution in [-0.2, 0) is 4.74 Å². The highest BCUT2D eigenvalue weighted by atomic mass is 16.5. The number of hydrogen-bond donors (Lipinski definition) is 2. The van der Waals surface area contributed by atoms with Gasteiger partial charge >= 0.3 is 5.69 Å². The van der Waals surface area contributed by atoms with Crippen LogP contribution in [0.4, 0.5) is 5.82 Å². The van der Waals surface area contributed by atoms with Gasteiger partial charge in [0.15, 0.2) is 0 Å².